The van der Waals surface area contributed by atoms with Gasteiger partial charge in [0, 0.05) is 0 Å². The van der Waals surface area contributed by atoms with Gasteiger partial charge in [-0.3, -0.25) is 0 Å². The normalized spacial score (nSPS) is 10.7. The lowest BCUT2D eigenvalue weighted by atomic mass is 10.1. The molecule has 1 aromatic heterocycles. The molecule has 118 valence electrons. The number of nitrogens with zero attached hydrogens (tertiary/aromatic N) is 2. The van der Waals surface area contributed by atoms with Crippen molar-refractivity contribution in [3.8, 4) is 5.75 Å². The summed E-state index contributed by atoms with van der Waals surface area (Å²) in [5.74, 6) is 1.99. The van der Waals surface area contributed by atoms with Gasteiger partial charge in [-0.25, -0.2) is 0 Å². The third-order valence-corrected chi connectivity index (χ3v) is 3.65. The zero-order valence-corrected chi connectivity index (χ0v) is 13.7. The minimum atomic E-state index is 0.284. The van der Waals surface area contributed by atoms with Crippen molar-refractivity contribution in [2.75, 3.05) is 0 Å². The van der Waals surface area contributed by atoms with Crippen LogP contribution in [0.3, 0.4) is 0 Å². The molecule has 0 spiro atoms. The molecule has 4 heteroatoms. The molecule has 3 rings (SSSR count). The van der Waals surface area contributed by atoms with Crippen LogP contribution in [0.4, 0.5) is 0 Å². The minimum Gasteiger partial charge on any atom is -0.483 e. The first-order valence-electron chi connectivity index (χ1n) is 7.67. The van der Waals surface area contributed by atoms with E-state index in [2.05, 4.69) is 29.3 Å². The van der Waals surface area contributed by atoms with E-state index in [1.54, 1.807) is 0 Å². The summed E-state index contributed by atoms with van der Waals surface area (Å²) in [5.41, 5.74) is 4.61. The number of aryl methyl sites for hydroxylation is 3. The first-order chi connectivity index (χ1) is 11.1. The molecule has 0 bridgehead atoms. The molecular formula is C19H20N2O2. The molecule has 23 heavy (non-hydrogen) atoms. The quantitative estimate of drug-likeness (QED) is 0.710. The Morgan fingerprint density at radius 3 is 2.26 bits per heavy atom. The fourth-order valence-electron chi connectivity index (χ4n) is 2.72. The van der Waals surface area contributed by atoms with Crippen LogP contribution in [-0.2, 0) is 13.0 Å². The summed E-state index contributed by atoms with van der Waals surface area (Å²) in [6.07, 6.45) is 0.635. The van der Waals surface area contributed by atoms with Crippen molar-refractivity contribution in [2.45, 2.75) is 33.8 Å². The summed E-state index contributed by atoms with van der Waals surface area (Å²) >= 11 is 0. The molecule has 0 fully saturated rings. The van der Waals surface area contributed by atoms with Gasteiger partial charge in [-0.1, -0.05) is 48.0 Å². The molecule has 1 heterocycles. The Hall–Kier alpha value is -2.62. The van der Waals surface area contributed by atoms with E-state index in [4.69, 9.17) is 9.15 Å². The molecule has 4 nitrogen and oxygen atoms in total. The highest BCUT2D eigenvalue weighted by molar-refractivity contribution is 5.42. The monoisotopic (exact) mass is 308 g/mol. The van der Waals surface area contributed by atoms with Crippen molar-refractivity contribution in [3.63, 3.8) is 0 Å². The molecule has 0 amide bonds. The topological polar surface area (TPSA) is 48.2 Å². The van der Waals surface area contributed by atoms with Gasteiger partial charge in [-0.05, 0) is 37.5 Å². The Bertz CT molecular complexity index is 771. The molecule has 0 N–H and O–H groups in total. The Kier molecular flexibility index (Phi) is 4.42. The summed E-state index contributed by atoms with van der Waals surface area (Å²) in [4.78, 5) is 0. The number of hydrogen-bond acceptors (Lipinski definition) is 4. The highest BCUT2D eigenvalue weighted by Gasteiger charge is 2.10. The number of rotatable bonds is 5. The number of hydrogen-bond donors (Lipinski definition) is 0. The molecule has 0 saturated carbocycles. The van der Waals surface area contributed by atoms with Crippen LogP contribution in [-0.4, -0.2) is 10.2 Å². The standard InChI is InChI=1S/C19H20N2O2/c1-13-9-14(2)19(15(3)10-13)22-12-18-21-20-17(23-18)11-16-7-5-4-6-8-16/h4-10H,11-12H2,1-3H3. The fraction of sp³-hybridized carbons (Fsp3) is 0.263. The molecule has 3 aromatic rings. The number of aromatic nitrogens is 2. The Morgan fingerprint density at radius 1 is 0.913 bits per heavy atom. The van der Waals surface area contributed by atoms with Crippen LogP contribution in [0.5, 0.6) is 5.75 Å². The number of benzene rings is 2. The molecule has 0 unspecified atom stereocenters. The van der Waals surface area contributed by atoms with Gasteiger partial charge in [0.25, 0.3) is 5.89 Å². The lowest BCUT2D eigenvalue weighted by Crippen LogP contribution is -1.99. The van der Waals surface area contributed by atoms with Crippen LogP contribution in [0, 0.1) is 20.8 Å². The molecule has 0 saturated heterocycles. The van der Waals surface area contributed by atoms with E-state index in [0.29, 0.717) is 18.2 Å². The molecule has 0 aliphatic heterocycles. The van der Waals surface area contributed by atoms with Crippen LogP contribution in [0.15, 0.2) is 46.9 Å². The highest BCUT2D eigenvalue weighted by atomic mass is 16.5. The zero-order valence-electron chi connectivity index (χ0n) is 13.7. The second kappa shape index (κ2) is 6.65. The average molecular weight is 308 g/mol. The predicted octanol–water partition coefficient (Wildman–Crippen LogP) is 4.16. The van der Waals surface area contributed by atoms with Gasteiger partial charge in [0.05, 0.1) is 6.42 Å². The van der Waals surface area contributed by atoms with Crippen molar-refractivity contribution in [1.82, 2.24) is 10.2 Å². The van der Waals surface area contributed by atoms with Gasteiger partial charge >= 0.3 is 0 Å². The van der Waals surface area contributed by atoms with E-state index >= 15 is 0 Å². The highest BCUT2D eigenvalue weighted by Crippen LogP contribution is 2.25. The van der Waals surface area contributed by atoms with E-state index in [9.17, 15) is 0 Å². The average Bonchev–Trinajstić information content (AvgIpc) is 2.94. The van der Waals surface area contributed by atoms with Gasteiger partial charge in [0.2, 0.25) is 5.89 Å². The maximum Gasteiger partial charge on any atom is 0.253 e. The lowest BCUT2D eigenvalue weighted by molar-refractivity contribution is 0.256. The van der Waals surface area contributed by atoms with E-state index < -0.39 is 0 Å². The third-order valence-electron chi connectivity index (χ3n) is 3.65. The summed E-state index contributed by atoms with van der Waals surface area (Å²) in [5, 5.41) is 8.15. The third kappa shape index (κ3) is 3.77. The van der Waals surface area contributed by atoms with Crippen molar-refractivity contribution in [3.05, 3.63) is 76.5 Å². The largest absolute Gasteiger partial charge is 0.483 e. The molecule has 2 aromatic carbocycles. The Morgan fingerprint density at radius 2 is 1.57 bits per heavy atom. The second-order valence-corrected chi connectivity index (χ2v) is 5.77. The molecular weight excluding hydrogens is 288 g/mol. The van der Waals surface area contributed by atoms with Crippen LogP contribution >= 0.6 is 0 Å². The SMILES string of the molecule is Cc1cc(C)c(OCc2nnc(Cc3ccccc3)o2)c(C)c1. The molecule has 0 aliphatic rings. The van der Waals surface area contributed by atoms with Gasteiger partial charge in [0.15, 0.2) is 6.61 Å². The van der Waals surface area contributed by atoms with Gasteiger partial charge in [0.1, 0.15) is 5.75 Å². The van der Waals surface area contributed by atoms with E-state index in [1.165, 1.54) is 5.56 Å². The molecule has 0 aliphatic carbocycles. The summed E-state index contributed by atoms with van der Waals surface area (Å²) in [6.45, 7) is 6.46. The summed E-state index contributed by atoms with van der Waals surface area (Å²) in [7, 11) is 0. The molecule has 0 atom stereocenters. The predicted molar refractivity (Wildman–Crippen MR) is 88.5 cm³/mol. The van der Waals surface area contributed by atoms with Crippen molar-refractivity contribution < 1.29 is 9.15 Å². The van der Waals surface area contributed by atoms with Gasteiger partial charge < -0.3 is 9.15 Å². The minimum absolute atomic E-state index is 0.284. The van der Waals surface area contributed by atoms with Crippen LogP contribution < -0.4 is 4.74 Å². The first-order valence-corrected chi connectivity index (χ1v) is 7.67. The molecule has 0 radical (unpaired) electrons. The maximum absolute atomic E-state index is 5.88. The van der Waals surface area contributed by atoms with Crippen molar-refractivity contribution in [2.24, 2.45) is 0 Å². The smallest absolute Gasteiger partial charge is 0.253 e. The fourth-order valence-corrected chi connectivity index (χ4v) is 2.72. The van der Waals surface area contributed by atoms with Gasteiger partial charge in [-0.15, -0.1) is 10.2 Å². The van der Waals surface area contributed by atoms with E-state index in [1.807, 2.05) is 44.2 Å². The lowest BCUT2D eigenvalue weighted by Gasteiger charge is -2.11. The summed E-state index contributed by atoms with van der Waals surface area (Å²) in [6, 6.07) is 14.3. The summed E-state index contributed by atoms with van der Waals surface area (Å²) < 4.78 is 11.5. The second-order valence-electron chi connectivity index (χ2n) is 5.77. The maximum atomic E-state index is 5.88. The van der Waals surface area contributed by atoms with E-state index in [-0.39, 0.29) is 6.61 Å². The van der Waals surface area contributed by atoms with Crippen molar-refractivity contribution >= 4 is 0 Å². The van der Waals surface area contributed by atoms with Crippen LogP contribution in [0.1, 0.15) is 34.0 Å². The van der Waals surface area contributed by atoms with Gasteiger partial charge in [-0.2, -0.15) is 0 Å². The Labute approximate surface area is 136 Å². The zero-order chi connectivity index (χ0) is 16.2. The van der Waals surface area contributed by atoms with E-state index in [0.717, 1.165) is 22.4 Å². The van der Waals surface area contributed by atoms with Crippen LogP contribution in [0.25, 0.3) is 0 Å². The first kappa shape index (κ1) is 15.3. The number of ether oxygens (including phenoxy) is 1. The Balaban J connectivity index is 1.66. The van der Waals surface area contributed by atoms with Crippen molar-refractivity contribution in [1.29, 1.82) is 0 Å². The van der Waals surface area contributed by atoms with Crippen LogP contribution in [0.2, 0.25) is 0 Å².